The Balaban J connectivity index is 1.37. The molecule has 2 aromatic heterocycles. The lowest BCUT2D eigenvalue weighted by molar-refractivity contribution is -0.132. The molecule has 4 rings (SSSR count). The van der Waals surface area contributed by atoms with Gasteiger partial charge in [0, 0.05) is 37.0 Å². The van der Waals surface area contributed by atoms with Crippen molar-refractivity contribution in [1.82, 2.24) is 20.0 Å². The quantitative estimate of drug-likeness (QED) is 0.772. The number of H-pyrrole nitrogens is 1. The van der Waals surface area contributed by atoms with Crippen molar-refractivity contribution in [3.8, 4) is 0 Å². The zero-order chi connectivity index (χ0) is 17.2. The van der Waals surface area contributed by atoms with Gasteiger partial charge in [-0.1, -0.05) is 23.4 Å². The molecule has 0 radical (unpaired) electrons. The van der Waals surface area contributed by atoms with Crippen LogP contribution in [0, 0.1) is 6.92 Å². The van der Waals surface area contributed by atoms with Crippen LogP contribution in [-0.4, -0.2) is 32.5 Å². The first-order chi connectivity index (χ1) is 12.2. The van der Waals surface area contributed by atoms with E-state index >= 15 is 0 Å². The number of aromatic nitrogens is 3. The lowest BCUT2D eigenvalue weighted by Crippen LogP contribution is -2.31. The Bertz CT molecular complexity index is 882. The number of carbonyl (C=O) groups is 1. The molecule has 1 aromatic carbocycles. The molecule has 1 unspecified atom stereocenters. The number of carbonyl (C=O) groups excluding carboxylic acids is 1. The largest absolute Gasteiger partial charge is 0.361 e. The first kappa shape index (κ1) is 15.9. The highest BCUT2D eigenvalue weighted by Crippen LogP contribution is 2.31. The summed E-state index contributed by atoms with van der Waals surface area (Å²) in [6.45, 7) is 2.56. The zero-order valence-corrected chi connectivity index (χ0v) is 14.4. The minimum Gasteiger partial charge on any atom is -0.361 e. The van der Waals surface area contributed by atoms with Crippen LogP contribution in [0.25, 0.3) is 10.9 Å². The van der Waals surface area contributed by atoms with Crippen molar-refractivity contribution in [3.63, 3.8) is 0 Å². The maximum Gasteiger partial charge on any atom is 0.223 e. The van der Waals surface area contributed by atoms with E-state index in [1.807, 2.05) is 17.0 Å². The molecule has 1 amide bonds. The Morgan fingerprint density at radius 3 is 3.12 bits per heavy atom. The van der Waals surface area contributed by atoms with E-state index in [4.69, 9.17) is 4.52 Å². The van der Waals surface area contributed by atoms with E-state index in [9.17, 15) is 4.79 Å². The number of aryl methyl sites for hydroxylation is 2. The minimum absolute atomic E-state index is 0.0296. The third-order valence-electron chi connectivity index (χ3n) is 4.93. The molecule has 0 spiro atoms. The van der Waals surface area contributed by atoms with Gasteiger partial charge in [-0.25, -0.2) is 0 Å². The summed E-state index contributed by atoms with van der Waals surface area (Å²) >= 11 is 0. The summed E-state index contributed by atoms with van der Waals surface area (Å²) in [6.07, 6.45) is 6.24. The smallest absolute Gasteiger partial charge is 0.223 e. The number of likely N-dealkylation sites (tertiary alicyclic amines) is 1. The molecule has 1 aliphatic rings. The van der Waals surface area contributed by atoms with Crippen LogP contribution in [0.1, 0.15) is 49.0 Å². The van der Waals surface area contributed by atoms with Crippen LogP contribution in [0.2, 0.25) is 0 Å². The Hall–Kier alpha value is -2.63. The van der Waals surface area contributed by atoms with Crippen LogP contribution < -0.4 is 0 Å². The molecule has 0 aliphatic carbocycles. The lowest BCUT2D eigenvalue weighted by Gasteiger charge is -2.22. The molecule has 1 aliphatic heterocycles. The number of nitrogens with one attached hydrogen (secondary N) is 1. The van der Waals surface area contributed by atoms with Crippen LogP contribution >= 0.6 is 0 Å². The van der Waals surface area contributed by atoms with Crippen molar-refractivity contribution in [2.45, 2.75) is 45.1 Å². The van der Waals surface area contributed by atoms with E-state index in [2.05, 4.69) is 33.5 Å². The summed E-state index contributed by atoms with van der Waals surface area (Å²) in [5, 5.41) is 5.25. The molecule has 0 bridgehead atoms. The fourth-order valence-corrected chi connectivity index (χ4v) is 3.70. The molecule has 3 aromatic rings. The predicted octanol–water partition coefficient (Wildman–Crippen LogP) is 3.55. The molecule has 130 valence electrons. The number of nitrogens with zero attached hydrogens (tertiary/aromatic N) is 3. The first-order valence-electron chi connectivity index (χ1n) is 8.87. The standard InChI is InChI=1S/C19H22N4O2/c1-13-21-19(22-25-13)17-9-5-11-23(17)18(24)10-4-6-14-12-20-16-8-3-2-7-15(14)16/h2-3,7-8,12,17,20H,4-6,9-11H2,1H3. The van der Waals surface area contributed by atoms with Gasteiger partial charge >= 0.3 is 0 Å². The Morgan fingerprint density at radius 2 is 2.28 bits per heavy atom. The number of para-hydroxylation sites is 1. The van der Waals surface area contributed by atoms with Crippen molar-refractivity contribution < 1.29 is 9.32 Å². The third-order valence-corrected chi connectivity index (χ3v) is 4.93. The van der Waals surface area contributed by atoms with Crippen molar-refractivity contribution in [3.05, 3.63) is 47.7 Å². The normalized spacial score (nSPS) is 17.5. The van der Waals surface area contributed by atoms with Gasteiger partial charge in [0.2, 0.25) is 11.8 Å². The molecule has 6 heteroatoms. The molecule has 0 saturated carbocycles. The highest BCUT2D eigenvalue weighted by molar-refractivity contribution is 5.83. The first-order valence-corrected chi connectivity index (χ1v) is 8.87. The number of amides is 1. The number of hydrogen-bond donors (Lipinski definition) is 1. The SMILES string of the molecule is Cc1nc(C2CCCN2C(=O)CCCc2c[nH]c3ccccc23)no1. The van der Waals surface area contributed by atoms with Crippen molar-refractivity contribution in [1.29, 1.82) is 0 Å². The van der Waals surface area contributed by atoms with Gasteiger partial charge in [-0.05, 0) is 37.3 Å². The monoisotopic (exact) mass is 338 g/mol. The number of fused-ring (bicyclic) bond motifs is 1. The van der Waals surface area contributed by atoms with Crippen molar-refractivity contribution >= 4 is 16.8 Å². The molecule has 6 nitrogen and oxygen atoms in total. The van der Waals surface area contributed by atoms with Crippen molar-refractivity contribution in [2.24, 2.45) is 0 Å². The minimum atomic E-state index is -0.0296. The van der Waals surface area contributed by atoms with E-state index in [0.29, 0.717) is 18.1 Å². The van der Waals surface area contributed by atoms with E-state index in [1.54, 1.807) is 6.92 Å². The van der Waals surface area contributed by atoms with Gasteiger partial charge in [0.05, 0.1) is 6.04 Å². The molecular weight excluding hydrogens is 316 g/mol. The molecule has 1 fully saturated rings. The summed E-state index contributed by atoms with van der Waals surface area (Å²) in [6, 6.07) is 8.24. The topological polar surface area (TPSA) is 75.0 Å². The van der Waals surface area contributed by atoms with Gasteiger partial charge in [-0.3, -0.25) is 4.79 Å². The zero-order valence-electron chi connectivity index (χ0n) is 14.4. The fourth-order valence-electron chi connectivity index (χ4n) is 3.70. The van der Waals surface area contributed by atoms with Gasteiger partial charge in [0.25, 0.3) is 0 Å². The maximum absolute atomic E-state index is 12.7. The Labute approximate surface area is 146 Å². The highest BCUT2D eigenvalue weighted by Gasteiger charge is 2.32. The van der Waals surface area contributed by atoms with Gasteiger partial charge < -0.3 is 14.4 Å². The lowest BCUT2D eigenvalue weighted by atomic mass is 10.1. The molecule has 1 saturated heterocycles. The van der Waals surface area contributed by atoms with Gasteiger partial charge in [0.1, 0.15) is 0 Å². The fraction of sp³-hybridized carbons (Fsp3) is 0.421. The predicted molar refractivity (Wildman–Crippen MR) is 94.0 cm³/mol. The summed E-state index contributed by atoms with van der Waals surface area (Å²) in [4.78, 5) is 22.2. The van der Waals surface area contributed by atoms with Crippen LogP contribution in [0.4, 0.5) is 0 Å². The second-order valence-electron chi connectivity index (χ2n) is 6.63. The number of hydrogen-bond acceptors (Lipinski definition) is 4. The number of aromatic amines is 1. The average Bonchev–Trinajstić information content (AvgIpc) is 3.34. The Kier molecular flexibility index (Phi) is 4.26. The van der Waals surface area contributed by atoms with Gasteiger partial charge in [-0.15, -0.1) is 0 Å². The van der Waals surface area contributed by atoms with E-state index in [1.165, 1.54) is 10.9 Å². The molecule has 3 heterocycles. The van der Waals surface area contributed by atoms with E-state index in [0.717, 1.165) is 37.7 Å². The van der Waals surface area contributed by atoms with Crippen LogP contribution in [0.15, 0.2) is 35.0 Å². The van der Waals surface area contributed by atoms with Crippen LogP contribution in [-0.2, 0) is 11.2 Å². The summed E-state index contributed by atoms with van der Waals surface area (Å²) in [5.41, 5.74) is 2.42. The Morgan fingerprint density at radius 1 is 1.40 bits per heavy atom. The van der Waals surface area contributed by atoms with Gasteiger partial charge in [-0.2, -0.15) is 4.98 Å². The van der Waals surface area contributed by atoms with E-state index in [-0.39, 0.29) is 11.9 Å². The van der Waals surface area contributed by atoms with E-state index < -0.39 is 0 Å². The average molecular weight is 338 g/mol. The summed E-state index contributed by atoms with van der Waals surface area (Å²) in [5.74, 6) is 1.37. The number of rotatable bonds is 5. The van der Waals surface area contributed by atoms with Crippen LogP contribution in [0.5, 0.6) is 0 Å². The third kappa shape index (κ3) is 3.16. The molecular formula is C19H22N4O2. The second kappa shape index (κ2) is 6.70. The number of benzene rings is 1. The highest BCUT2D eigenvalue weighted by atomic mass is 16.5. The summed E-state index contributed by atoms with van der Waals surface area (Å²) in [7, 11) is 0. The van der Waals surface area contributed by atoms with Crippen molar-refractivity contribution in [2.75, 3.05) is 6.54 Å². The maximum atomic E-state index is 12.7. The molecule has 25 heavy (non-hydrogen) atoms. The van der Waals surface area contributed by atoms with Crippen LogP contribution in [0.3, 0.4) is 0 Å². The molecule has 1 N–H and O–H groups in total. The molecule has 1 atom stereocenters. The summed E-state index contributed by atoms with van der Waals surface area (Å²) < 4.78 is 5.07. The van der Waals surface area contributed by atoms with Gasteiger partial charge in [0.15, 0.2) is 5.82 Å². The second-order valence-corrected chi connectivity index (χ2v) is 6.63.